The maximum absolute atomic E-state index is 6.24. The SMILES string of the molecule is c1cc(-c2cnc(-c3cccc(NCCN4CCCC4)c3)o2)cc(-c2cnc(-c3cccc(NCCN4CCCC4)c3)o2)c1. The lowest BCUT2D eigenvalue weighted by molar-refractivity contribution is 0.352. The molecule has 8 heteroatoms. The van der Waals surface area contributed by atoms with Crippen molar-refractivity contribution < 1.29 is 8.83 Å². The van der Waals surface area contributed by atoms with E-state index in [1.165, 1.54) is 51.9 Å². The van der Waals surface area contributed by atoms with E-state index in [2.05, 4.69) is 60.7 Å². The molecule has 0 amide bonds. The van der Waals surface area contributed by atoms with Crippen molar-refractivity contribution in [3.05, 3.63) is 85.2 Å². The molecule has 7 rings (SSSR count). The van der Waals surface area contributed by atoms with Crippen molar-refractivity contribution >= 4 is 11.4 Å². The first kappa shape index (κ1) is 28.4. The van der Waals surface area contributed by atoms with E-state index in [-0.39, 0.29) is 0 Å². The topological polar surface area (TPSA) is 82.6 Å². The third-order valence-corrected chi connectivity index (χ3v) is 8.57. The van der Waals surface area contributed by atoms with Gasteiger partial charge in [0.05, 0.1) is 12.4 Å². The summed E-state index contributed by atoms with van der Waals surface area (Å²) >= 11 is 0. The number of benzene rings is 3. The lowest BCUT2D eigenvalue weighted by Gasteiger charge is -2.15. The van der Waals surface area contributed by atoms with E-state index in [0.29, 0.717) is 23.3 Å². The third-order valence-electron chi connectivity index (χ3n) is 8.57. The molecule has 2 aromatic heterocycles. The minimum atomic E-state index is 0.601. The fraction of sp³-hybridized carbons (Fsp3) is 0.333. The molecule has 2 fully saturated rings. The molecule has 2 aliphatic heterocycles. The summed E-state index contributed by atoms with van der Waals surface area (Å²) < 4.78 is 12.5. The standard InChI is InChI=1S/C36H40N6O2/c1-2-17-41(16-1)20-14-37-31-12-6-10-29(23-31)35-39-25-33(43-35)27-8-5-9-28(22-27)34-26-40-36(44-34)30-11-7-13-32(24-30)38-15-21-42-18-3-4-19-42/h5-13,22-26,37-38H,1-4,14-21H2. The van der Waals surface area contributed by atoms with Crippen LogP contribution in [0.1, 0.15) is 25.7 Å². The Morgan fingerprint density at radius 3 is 1.45 bits per heavy atom. The summed E-state index contributed by atoms with van der Waals surface area (Å²) in [6.45, 7) is 8.84. The summed E-state index contributed by atoms with van der Waals surface area (Å²) in [7, 11) is 0. The second-order valence-electron chi connectivity index (χ2n) is 11.8. The number of hydrogen-bond acceptors (Lipinski definition) is 8. The highest BCUT2D eigenvalue weighted by Gasteiger charge is 2.15. The first-order chi connectivity index (χ1) is 21.8. The van der Waals surface area contributed by atoms with Gasteiger partial charge < -0.3 is 29.3 Å². The maximum atomic E-state index is 6.24. The lowest BCUT2D eigenvalue weighted by atomic mass is 10.1. The van der Waals surface area contributed by atoms with Crippen LogP contribution in [0.2, 0.25) is 0 Å². The van der Waals surface area contributed by atoms with Gasteiger partial charge in [-0.1, -0.05) is 30.3 Å². The summed E-state index contributed by atoms with van der Waals surface area (Å²) in [6.07, 6.45) is 8.84. The van der Waals surface area contributed by atoms with Crippen LogP contribution in [-0.4, -0.2) is 72.1 Å². The van der Waals surface area contributed by atoms with E-state index < -0.39 is 0 Å². The van der Waals surface area contributed by atoms with Crippen LogP contribution >= 0.6 is 0 Å². The molecule has 0 unspecified atom stereocenters. The highest BCUT2D eigenvalue weighted by molar-refractivity contribution is 5.70. The van der Waals surface area contributed by atoms with Crippen molar-refractivity contribution in [1.29, 1.82) is 0 Å². The van der Waals surface area contributed by atoms with Crippen molar-refractivity contribution in [2.75, 3.05) is 63.0 Å². The highest BCUT2D eigenvalue weighted by Crippen LogP contribution is 2.32. The van der Waals surface area contributed by atoms with Crippen molar-refractivity contribution in [3.8, 4) is 45.6 Å². The van der Waals surface area contributed by atoms with Gasteiger partial charge in [0.2, 0.25) is 11.8 Å². The van der Waals surface area contributed by atoms with Gasteiger partial charge in [-0.05, 0) is 94.3 Å². The van der Waals surface area contributed by atoms with Gasteiger partial charge in [-0.3, -0.25) is 0 Å². The fourth-order valence-electron chi connectivity index (χ4n) is 6.16. The molecule has 5 aromatic rings. The highest BCUT2D eigenvalue weighted by atomic mass is 16.4. The Kier molecular flexibility index (Phi) is 8.70. The molecule has 44 heavy (non-hydrogen) atoms. The number of oxazole rings is 2. The van der Waals surface area contributed by atoms with Gasteiger partial charge in [0.25, 0.3) is 0 Å². The molecule has 0 radical (unpaired) electrons. The molecule has 0 bridgehead atoms. The number of likely N-dealkylation sites (tertiary alicyclic amines) is 2. The number of nitrogens with one attached hydrogen (secondary N) is 2. The zero-order valence-corrected chi connectivity index (χ0v) is 25.2. The minimum absolute atomic E-state index is 0.601. The van der Waals surface area contributed by atoms with Crippen LogP contribution in [0, 0.1) is 0 Å². The normalized spacial score (nSPS) is 15.6. The summed E-state index contributed by atoms with van der Waals surface area (Å²) in [4.78, 5) is 14.2. The Labute approximate surface area is 259 Å². The molecule has 8 nitrogen and oxygen atoms in total. The van der Waals surface area contributed by atoms with E-state index in [1.54, 1.807) is 12.4 Å². The first-order valence-electron chi connectivity index (χ1n) is 15.9. The minimum Gasteiger partial charge on any atom is -0.436 e. The number of rotatable bonds is 12. The molecule has 226 valence electrons. The molecule has 2 saturated heterocycles. The smallest absolute Gasteiger partial charge is 0.226 e. The number of aromatic nitrogens is 2. The summed E-state index contributed by atoms with van der Waals surface area (Å²) in [5, 5.41) is 7.10. The van der Waals surface area contributed by atoms with Crippen LogP contribution in [0.5, 0.6) is 0 Å². The van der Waals surface area contributed by atoms with E-state index in [9.17, 15) is 0 Å². The van der Waals surface area contributed by atoms with Crippen molar-refractivity contribution in [2.24, 2.45) is 0 Å². The van der Waals surface area contributed by atoms with E-state index in [0.717, 1.165) is 59.8 Å². The van der Waals surface area contributed by atoms with Gasteiger partial charge in [-0.25, -0.2) is 9.97 Å². The number of hydrogen-bond donors (Lipinski definition) is 2. The van der Waals surface area contributed by atoms with Crippen molar-refractivity contribution in [3.63, 3.8) is 0 Å². The largest absolute Gasteiger partial charge is 0.436 e. The molecule has 0 saturated carbocycles. The van der Waals surface area contributed by atoms with Gasteiger partial charge in [0, 0.05) is 59.8 Å². The predicted molar refractivity (Wildman–Crippen MR) is 177 cm³/mol. The van der Waals surface area contributed by atoms with Gasteiger partial charge in [0.1, 0.15) is 0 Å². The van der Waals surface area contributed by atoms with Crippen molar-refractivity contribution in [2.45, 2.75) is 25.7 Å². The fourth-order valence-corrected chi connectivity index (χ4v) is 6.16. The molecule has 4 heterocycles. The van der Waals surface area contributed by atoms with Crippen molar-refractivity contribution in [1.82, 2.24) is 19.8 Å². The Morgan fingerprint density at radius 1 is 0.545 bits per heavy atom. The van der Waals surface area contributed by atoms with Gasteiger partial charge in [-0.15, -0.1) is 0 Å². The zero-order chi connectivity index (χ0) is 29.6. The third kappa shape index (κ3) is 6.87. The first-order valence-corrected chi connectivity index (χ1v) is 15.9. The van der Waals surface area contributed by atoms with Crippen LogP contribution in [0.3, 0.4) is 0 Å². The van der Waals surface area contributed by atoms with Gasteiger partial charge in [-0.2, -0.15) is 0 Å². The van der Waals surface area contributed by atoms with Crippen LogP contribution in [0.25, 0.3) is 45.6 Å². The molecule has 0 spiro atoms. The maximum Gasteiger partial charge on any atom is 0.226 e. The van der Waals surface area contributed by atoms with E-state index in [1.807, 2.05) is 42.5 Å². The molecule has 0 atom stereocenters. The van der Waals surface area contributed by atoms with E-state index in [4.69, 9.17) is 8.83 Å². The Morgan fingerprint density at radius 2 is 0.977 bits per heavy atom. The Balaban J connectivity index is 1.01. The molecular formula is C36H40N6O2. The zero-order valence-electron chi connectivity index (χ0n) is 25.2. The average Bonchev–Trinajstić information content (AvgIpc) is 3.90. The van der Waals surface area contributed by atoms with Crippen LogP contribution in [0.4, 0.5) is 11.4 Å². The summed E-state index contributed by atoms with van der Waals surface area (Å²) in [5.41, 5.74) is 5.92. The average molecular weight is 589 g/mol. The van der Waals surface area contributed by atoms with Crippen LogP contribution < -0.4 is 10.6 Å². The second-order valence-corrected chi connectivity index (χ2v) is 11.8. The molecule has 0 aliphatic carbocycles. The molecule has 3 aromatic carbocycles. The number of anilines is 2. The van der Waals surface area contributed by atoms with E-state index >= 15 is 0 Å². The number of nitrogens with zero attached hydrogens (tertiary/aromatic N) is 4. The van der Waals surface area contributed by atoms with Crippen LogP contribution in [-0.2, 0) is 0 Å². The Hall–Kier alpha value is -4.40. The quantitative estimate of drug-likeness (QED) is 0.157. The second kappa shape index (κ2) is 13.5. The monoisotopic (exact) mass is 588 g/mol. The Bertz CT molecular complexity index is 1550. The summed E-state index contributed by atoms with van der Waals surface area (Å²) in [6, 6.07) is 24.7. The predicted octanol–water partition coefficient (Wildman–Crippen LogP) is 7.35. The molecule has 2 N–H and O–H groups in total. The van der Waals surface area contributed by atoms with Crippen LogP contribution in [0.15, 0.2) is 94.0 Å². The lowest BCUT2D eigenvalue weighted by Crippen LogP contribution is -2.25. The van der Waals surface area contributed by atoms with Gasteiger partial charge in [0.15, 0.2) is 11.5 Å². The summed E-state index contributed by atoms with van der Waals surface area (Å²) in [5.74, 6) is 2.62. The van der Waals surface area contributed by atoms with Gasteiger partial charge >= 0.3 is 0 Å². The molecule has 2 aliphatic rings. The molecular weight excluding hydrogens is 548 g/mol.